The Balaban J connectivity index is 1.48. The Morgan fingerprint density at radius 2 is 1.70 bits per heavy atom. The van der Waals surface area contributed by atoms with E-state index >= 15 is 0 Å². The molecule has 3 rings (SSSR count). The Kier molecular flexibility index (Phi) is 7.35. The second-order valence-electron chi connectivity index (χ2n) is 8.03. The van der Waals surface area contributed by atoms with Gasteiger partial charge < -0.3 is 20.4 Å². The molecule has 0 bridgehead atoms. The molecule has 152 valence electrons. The molecule has 2 saturated heterocycles. The number of nitrogens with zero attached hydrogens (tertiary/aromatic N) is 3. The highest BCUT2D eigenvalue weighted by Crippen LogP contribution is 2.26. The summed E-state index contributed by atoms with van der Waals surface area (Å²) in [5.74, 6) is 1.36. The van der Waals surface area contributed by atoms with Crippen molar-refractivity contribution in [1.82, 2.24) is 20.4 Å². The van der Waals surface area contributed by atoms with Crippen molar-refractivity contribution in [3.05, 3.63) is 0 Å². The minimum atomic E-state index is 0.102. The molecule has 7 nitrogen and oxygen atoms in total. The molecule has 1 unspecified atom stereocenters. The third-order valence-corrected chi connectivity index (χ3v) is 5.97. The molecule has 0 aromatic rings. The Hall–Kier alpha value is -1.79. The van der Waals surface area contributed by atoms with Crippen LogP contribution in [0.25, 0.3) is 0 Å². The molecule has 0 aromatic carbocycles. The lowest BCUT2D eigenvalue weighted by Crippen LogP contribution is -2.46. The van der Waals surface area contributed by atoms with Crippen molar-refractivity contribution in [2.24, 2.45) is 10.9 Å². The van der Waals surface area contributed by atoms with Crippen LogP contribution in [0.1, 0.15) is 58.3 Å². The van der Waals surface area contributed by atoms with E-state index in [9.17, 15) is 9.59 Å². The summed E-state index contributed by atoms with van der Waals surface area (Å²) in [6, 6.07) is 0.206. The molecule has 0 aromatic heterocycles. The molecule has 0 spiro atoms. The molecule has 7 heteroatoms. The second-order valence-corrected chi connectivity index (χ2v) is 8.03. The lowest BCUT2D eigenvalue weighted by molar-refractivity contribution is -0.135. The highest BCUT2D eigenvalue weighted by molar-refractivity contribution is 5.85. The Morgan fingerprint density at radius 1 is 0.963 bits per heavy atom. The van der Waals surface area contributed by atoms with E-state index in [-0.39, 0.29) is 24.4 Å². The van der Waals surface area contributed by atoms with Crippen molar-refractivity contribution in [1.29, 1.82) is 0 Å². The van der Waals surface area contributed by atoms with Crippen LogP contribution < -0.4 is 10.6 Å². The second kappa shape index (κ2) is 9.95. The molecule has 3 aliphatic rings. The Bertz CT molecular complexity index is 538. The molecular weight excluding hydrogens is 342 g/mol. The van der Waals surface area contributed by atoms with Gasteiger partial charge in [0.1, 0.15) is 6.54 Å². The minimum Gasteiger partial charge on any atom is -0.357 e. The lowest BCUT2D eigenvalue weighted by Gasteiger charge is -2.26. The van der Waals surface area contributed by atoms with Crippen molar-refractivity contribution in [2.45, 2.75) is 64.3 Å². The molecule has 0 radical (unpaired) electrons. The third kappa shape index (κ3) is 5.59. The van der Waals surface area contributed by atoms with Gasteiger partial charge in [0.15, 0.2) is 5.96 Å². The van der Waals surface area contributed by atoms with Crippen molar-refractivity contribution in [3.8, 4) is 0 Å². The van der Waals surface area contributed by atoms with E-state index in [1.165, 1.54) is 19.3 Å². The Labute approximate surface area is 162 Å². The van der Waals surface area contributed by atoms with Gasteiger partial charge in [-0.3, -0.25) is 9.59 Å². The number of amides is 2. The molecule has 2 N–H and O–H groups in total. The fraction of sp³-hybridized carbons (Fsp3) is 0.850. The molecule has 1 aliphatic carbocycles. The van der Waals surface area contributed by atoms with Crippen LogP contribution in [0.3, 0.4) is 0 Å². The molecule has 2 heterocycles. The first kappa shape index (κ1) is 20.0. The number of guanidine groups is 1. The zero-order valence-electron chi connectivity index (χ0n) is 16.7. The van der Waals surface area contributed by atoms with E-state index in [1.807, 2.05) is 16.7 Å². The quantitative estimate of drug-likeness (QED) is 0.560. The minimum absolute atomic E-state index is 0.102. The van der Waals surface area contributed by atoms with Gasteiger partial charge in [0, 0.05) is 44.7 Å². The maximum absolute atomic E-state index is 12.7. The van der Waals surface area contributed by atoms with E-state index < -0.39 is 0 Å². The summed E-state index contributed by atoms with van der Waals surface area (Å²) in [5, 5.41) is 6.65. The summed E-state index contributed by atoms with van der Waals surface area (Å²) < 4.78 is 0. The van der Waals surface area contributed by atoms with Crippen LogP contribution in [0.15, 0.2) is 4.99 Å². The fourth-order valence-electron chi connectivity index (χ4n) is 4.41. The summed E-state index contributed by atoms with van der Waals surface area (Å²) >= 11 is 0. The van der Waals surface area contributed by atoms with Gasteiger partial charge in [-0.25, -0.2) is 4.99 Å². The zero-order valence-corrected chi connectivity index (χ0v) is 16.7. The van der Waals surface area contributed by atoms with Crippen LogP contribution in [0.2, 0.25) is 0 Å². The van der Waals surface area contributed by atoms with Crippen LogP contribution in [0.5, 0.6) is 0 Å². The average molecular weight is 378 g/mol. The first-order chi connectivity index (χ1) is 13.2. The highest BCUT2D eigenvalue weighted by atomic mass is 16.2. The fourth-order valence-corrected chi connectivity index (χ4v) is 4.41. The number of likely N-dealkylation sites (tertiary alicyclic amines) is 2. The monoisotopic (exact) mass is 377 g/mol. The number of carbonyl (C=O) groups is 2. The molecule has 3 fully saturated rings. The van der Waals surface area contributed by atoms with E-state index in [2.05, 4.69) is 15.6 Å². The molecule has 1 atom stereocenters. The molecular formula is C20H35N5O2. The number of hydrogen-bond donors (Lipinski definition) is 2. The molecule has 2 aliphatic heterocycles. The van der Waals surface area contributed by atoms with Crippen molar-refractivity contribution >= 4 is 17.8 Å². The first-order valence-corrected chi connectivity index (χ1v) is 10.8. The summed E-state index contributed by atoms with van der Waals surface area (Å²) in [6.07, 6.45) is 8.88. The lowest BCUT2D eigenvalue weighted by atomic mass is 9.88. The van der Waals surface area contributed by atoms with Gasteiger partial charge in [-0.1, -0.05) is 19.3 Å². The third-order valence-electron chi connectivity index (χ3n) is 5.97. The number of carbonyl (C=O) groups excluding carboxylic acids is 2. The highest BCUT2D eigenvalue weighted by Gasteiger charge is 2.31. The normalized spacial score (nSPS) is 24.3. The largest absolute Gasteiger partial charge is 0.357 e. The van der Waals surface area contributed by atoms with Gasteiger partial charge >= 0.3 is 0 Å². The predicted molar refractivity (Wildman–Crippen MR) is 106 cm³/mol. The SMILES string of the molecule is CCNC(=NCC(=O)N1CCCC1)NC1CCN(C(=O)C2CCCCC2)C1. The smallest absolute Gasteiger partial charge is 0.244 e. The zero-order chi connectivity index (χ0) is 19.1. The van der Waals surface area contributed by atoms with Crippen molar-refractivity contribution in [3.63, 3.8) is 0 Å². The van der Waals surface area contributed by atoms with Gasteiger partial charge in [-0.15, -0.1) is 0 Å². The summed E-state index contributed by atoms with van der Waals surface area (Å²) in [4.78, 5) is 33.3. The van der Waals surface area contributed by atoms with E-state index in [4.69, 9.17) is 0 Å². The van der Waals surface area contributed by atoms with Crippen LogP contribution in [0.4, 0.5) is 0 Å². The van der Waals surface area contributed by atoms with Gasteiger partial charge in [-0.2, -0.15) is 0 Å². The van der Waals surface area contributed by atoms with Crippen LogP contribution in [-0.2, 0) is 9.59 Å². The maximum atomic E-state index is 12.7. The predicted octanol–water partition coefficient (Wildman–Crippen LogP) is 1.35. The van der Waals surface area contributed by atoms with E-state index in [0.717, 1.165) is 64.8 Å². The van der Waals surface area contributed by atoms with Gasteiger partial charge in [0.2, 0.25) is 11.8 Å². The first-order valence-electron chi connectivity index (χ1n) is 10.8. The number of hydrogen-bond acceptors (Lipinski definition) is 3. The van der Waals surface area contributed by atoms with Crippen LogP contribution in [-0.4, -0.2) is 72.9 Å². The van der Waals surface area contributed by atoms with E-state index in [1.54, 1.807) is 0 Å². The number of nitrogens with one attached hydrogen (secondary N) is 2. The van der Waals surface area contributed by atoms with Gasteiger partial charge in [0.25, 0.3) is 0 Å². The van der Waals surface area contributed by atoms with E-state index in [0.29, 0.717) is 11.9 Å². The summed E-state index contributed by atoms with van der Waals surface area (Å²) in [5.41, 5.74) is 0. The Morgan fingerprint density at radius 3 is 2.41 bits per heavy atom. The molecule has 1 saturated carbocycles. The molecule has 27 heavy (non-hydrogen) atoms. The van der Waals surface area contributed by atoms with Crippen molar-refractivity contribution in [2.75, 3.05) is 39.3 Å². The topological polar surface area (TPSA) is 77.0 Å². The standard InChI is InChI=1S/C20H35N5O2/c1-2-21-20(22-14-18(26)24-11-6-7-12-24)23-17-10-13-25(15-17)19(27)16-8-4-3-5-9-16/h16-17H,2-15H2,1H3,(H2,21,22,23). The van der Waals surface area contributed by atoms with Gasteiger partial charge in [0.05, 0.1) is 0 Å². The molecule has 2 amide bonds. The number of aliphatic imine (C=N–C) groups is 1. The number of rotatable bonds is 5. The van der Waals surface area contributed by atoms with Crippen LogP contribution in [0, 0.1) is 5.92 Å². The summed E-state index contributed by atoms with van der Waals surface area (Å²) in [7, 11) is 0. The average Bonchev–Trinajstić information content (AvgIpc) is 3.38. The van der Waals surface area contributed by atoms with Crippen LogP contribution >= 0.6 is 0 Å². The summed E-state index contributed by atoms with van der Waals surface area (Å²) in [6.45, 7) is 6.23. The van der Waals surface area contributed by atoms with Gasteiger partial charge in [-0.05, 0) is 39.0 Å². The van der Waals surface area contributed by atoms with Crippen molar-refractivity contribution < 1.29 is 9.59 Å². The maximum Gasteiger partial charge on any atom is 0.244 e.